The van der Waals surface area contributed by atoms with Gasteiger partial charge in [-0.05, 0) is 16.7 Å². The molecule has 1 aliphatic carbocycles. The maximum Gasteiger partial charge on any atom is 0.374 e. The minimum Gasteiger partial charge on any atom is -0.475 e. The zero-order valence-electron chi connectivity index (χ0n) is 11.5. The largest absolute Gasteiger partial charge is 0.475 e. The summed E-state index contributed by atoms with van der Waals surface area (Å²) < 4.78 is 4.54. The molecule has 104 valence electrons. The number of nitrogens with zero attached hydrogens (tertiary/aromatic N) is 1. The van der Waals surface area contributed by atoms with Crippen molar-refractivity contribution in [3.63, 3.8) is 0 Å². The summed E-state index contributed by atoms with van der Waals surface area (Å²) in [6.07, 6.45) is 0. The van der Waals surface area contributed by atoms with E-state index in [1.54, 1.807) is 0 Å². The minimum atomic E-state index is -1.24. The number of nitrogens with one attached hydrogen (secondary N) is 1. The second kappa shape index (κ2) is 4.08. The zero-order chi connectivity index (χ0) is 14.4. The molecule has 6 nitrogen and oxygen atoms in total. The number of hydrogen-bond acceptors (Lipinski definition) is 4. The van der Waals surface area contributed by atoms with Crippen LogP contribution in [0.5, 0.6) is 0 Å². The average Bonchev–Trinajstić information content (AvgIpc) is 2.72. The van der Waals surface area contributed by atoms with Crippen molar-refractivity contribution in [2.75, 3.05) is 6.54 Å². The van der Waals surface area contributed by atoms with Gasteiger partial charge >= 0.3 is 5.97 Å². The van der Waals surface area contributed by atoms with Crippen molar-refractivity contribution in [3.8, 4) is 0 Å². The maximum absolute atomic E-state index is 11.8. The van der Waals surface area contributed by atoms with Crippen LogP contribution in [0, 0.1) is 16.7 Å². The third-order valence-corrected chi connectivity index (χ3v) is 4.74. The van der Waals surface area contributed by atoms with Crippen molar-refractivity contribution in [2.45, 2.75) is 27.7 Å². The van der Waals surface area contributed by atoms with E-state index in [1.807, 2.05) is 0 Å². The Morgan fingerprint density at radius 1 is 1.37 bits per heavy atom. The fraction of sp³-hybridized carbons (Fsp3) is 0.615. The standard InChI is InChI=1S/C13H18N2O4/c1-12(2)9(13(12,3)4)6-14-10(16)7-5-8(11(17)18)19-15-7/h5,9H,6H2,1-4H3,(H,14,16)(H,17,18). The Labute approximate surface area is 111 Å². The van der Waals surface area contributed by atoms with Gasteiger partial charge in [0.1, 0.15) is 0 Å². The van der Waals surface area contributed by atoms with Crippen molar-refractivity contribution in [2.24, 2.45) is 16.7 Å². The Morgan fingerprint density at radius 2 is 1.95 bits per heavy atom. The number of hydrogen-bond donors (Lipinski definition) is 2. The van der Waals surface area contributed by atoms with Crippen LogP contribution in [0.1, 0.15) is 48.7 Å². The summed E-state index contributed by atoms with van der Waals surface area (Å²) in [7, 11) is 0. The van der Waals surface area contributed by atoms with Crippen molar-refractivity contribution in [3.05, 3.63) is 17.5 Å². The smallest absolute Gasteiger partial charge is 0.374 e. The first-order valence-corrected chi connectivity index (χ1v) is 6.16. The third-order valence-electron chi connectivity index (χ3n) is 4.74. The maximum atomic E-state index is 11.8. The second-order valence-corrected chi connectivity index (χ2v) is 6.09. The molecule has 1 aliphatic rings. The van der Waals surface area contributed by atoms with Crippen LogP contribution in [0.4, 0.5) is 0 Å². The number of aromatic carboxylic acids is 1. The van der Waals surface area contributed by atoms with Crippen LogP contribution in [0.2, 0.25) is 0 Å². The van der Waals surface area contributed by atoms with Gasteiger partial charge in [-0.1, -0.05) is 32.9 Å². The highest BCUT2D eigenvalue weighted by atomic mass is 16.5. The van der Waals surface area contributed by atoms with E-state index < -0.39 is 11.9 Å². The predicted octanol–water partition coefficient (Wildman–Crippen LogP) is 1.78. The molecule has 0 spiro atoms. The molecule has 1 aromatic heterocycles. The lowest BCUT2D eigenvalue weighted by molar-refractivity contribution is 0.0651. The number of carboxylic acid groups (broad SMARTS) is 1. The Hall–Kier alpha value is -1.85. The zero-order valence-corrected chi connectivity index (χ0v) is 11.5. The molecule has 0 unspecified atom stereocenters. The van der Waals surface area contributed by atoms with E-state index in [4.69, 9.17) is 5.11 Å². The fourth-order valence-corrected chi connectivity index (χ4v) is 2.61. The first-order valence-electron chi connectivity index (χ1n) is 6.16. The summed E-state index contributed by atoms with van der Waals surface area (Å²) in [5.74, 6) is -1.59. The molecule has 1 heterocycles. The van der Waals surface area contributed by atoms with Crippen molar-refractivity contribution < 1.29 is 19.2 Å². The third kappa shape index (κ3) is 2.11. The van der Waals surface area contributed by atoms with Crippen LogP contribution in [0.15, 0.2) is 10.6 Å². The summed E-state index contributed by atoms with van der Waals surface area (Å²) in [4.78, 5) is 22.4. The molecule has 0 bridgehead atoms. The van der Waals surface area contributed by atoms with Gasteiger partial charge in [-0.2, -0.15) is 0 Å². The summed E-state index contributed by atoms with van der Waals surface area (Å²) in [5.41, 5.74) is 0.376. The van der Waals surface area contributed by atoms with Crippen LogP contribution < -0.4 is 5.32 Å². The van der Waals surface area contributed by atoms with Gasteiger partial charge in [0.25, 0.3) is 5.91 Å². The first kappa shape index (κ1) is 13.6. The predicted molar refractivity (Wildman–Crippen MR) is 66.8 cm³/mol. The van der Waals surface area contributed by atoms with Gasteiger partial charge in [0.2, 0.25) is 5.76 Å². The summed E-state index contributed by atoms with van der Waals surface area (Å²) in [6, 6.07) is 1.13. The van der Waals surface area contributed by atoms with Crippen LogP contribution in [-0.2, 0) is 0 Å². The van der Waals surface area contributed by atoms with Crippen LogP contribution in [0.25, 0.3) is 0 Å². The fourth-order valence-electron chi connectivity index (χ4n) is 2.61. The van der Waals surface area contributed by atoms with E-state index in [2.05, 4.69) is 42.7 Å². The second-order valence-electron chi connectivity index (χ2n) is 6.09. The van der Waals surface area contributed by atoms with Crippen LogP contribution >= 0.6 is 0 Å². The molecule has 2 rings (SSSR count). The van der Waals surface area contributed by atoms with E-state index in [0.717, 1.165) is 6.07 Å². The molecule has 1 aromatic rings. The summed E-state index contributed by atoms with van der Waals surface area (Å²) in [5, 5.41) is 14.9. The molecule has 6 heteroatoms. The monoisotopic (exact) mass is 266 g/mol. The minimum absolute atomic E-state index is 0.00587. The normalized spacial score (nSPS) is 20.0. The van der Waals surface area contributed by atoms with Crippen LogP contribution in [-0.4, -0.2) is 28.7 Å². The number of rotatable bonds is 4. The van der Waals surface area contributed by atoms with Gasteiger partial charge in [-0.25, -0.2) is 4.79 Å². The molecular formula is C13H18N2O4. The SMILES string of the molecule is CC1(C)C(CNC(=O)c2cc(C(=O)O)on2)C1(C)C. The molecule has 0 atom stereocenters. The Balaban J connectivity index is 1.94. The number of carbonyl (C=O) groups is 2. The van der Waals surface area contributed by atoms with Crippen molar-refractivity contribution in [1.29, 1.82) is 0 Å². The van der Waals surface area contributed by atoms with Gasteiger partial charge in [0.05, 0.1) is 0 Å². The van der Waals surface area contributed by atoms with E-state index in [-0.39, 0.29) is 22.3 Å². The summed E-state index contributed by atoms with van der Waals surface area (Å²) in [6.45, 7) is 9.23. The van der Waals surface area contributed by atoms with Gasteiger partial charge in [-0.15, -0.1) is 0 Å². The Kier molecular flexibility index (Phi) is 2.91. The lowest BCUT2D eigenvalue weighted by atomic mass is 10.0. The number of carbonyl (C=O) groups excluding carboxylic acids is 1. The molecule has 0 aromatic carbocycles. The van der Waals surface area contributed by atoms with Gasteiger partial charge in [-0.3, -0.25) is 4.79 Å². The number of aromatic nitrogens is 1. The van der Waals surface area contributed by atoms with E-state index in [1.165, 1.54) is 0 Å². The van der Waals surface area contributed by atoms with Gasteiger partial charge in [0, 0.05) is 12.6 Å². The topological polar surface area (TPSA) is 92.4 Å². The Bertz CT molecular complexity index is 517. The molecule has 0 radical (unpaired) electrons. The molecule has 19 heavy (non-hydrogen) atoms. The highest BCUT2D eigenvalue weighted by molar-refractivity contribution is 5.94. The average molecular weight is 266 g/mol. The molecule has 1 amide bonds. The quantitative estimate of drug-likeness (QED) is 0.866. The lowest BCUT2D eigenvalue weighted by Crippen LogP contribution is -2.27. The Morgan fingerprint density at radius 3 is 2.37 bits per heavy atom. The molecule has 0 saturated heterocycles. The van der Waals surface area contributed by atoms with Gasteiger partial charge in [0.15, 0.2) is 5.69 Å². The molecule has 1 saturated carbocycles. The molecule has 1 fully saturated rings. The van der Waals surface area contributed by atoms with Crippen molar-refractivity contribution >= 4 is 11.9 Å². The highest BCUT2D eigenvalue weighted by Gasteiger charge is 2.64. The first-order chi connectivity index (χ1) is 8.68. The number of amides is 1. The van der Waals surface area contributed by atoms with Gasteiger partial charge < -0.3 is 14.9 Å². The highest BCUT2D eigenvalue weighted by Crippen LogP contribution is 2.67. The molecule has 0 aliphatic heterocycles. The van der Waals surface area contributed by atoms with E-state index >= 15 is 0 Å². The van der Waals surface area contributed by atoms with E-state index in [0.29, 0.717) is 12.5 Å². The lowest BCUT2D eigenvalue weighted by Gasteiger charge is -2.04. The van der Waals surface area contributed by atoms with E-state index in [9.17, 15) is 9.59 Å². The number of carboxylic acids is 1. The van der Waals surface area contributed by atoms with Crippen molar-refractivity contribution in [1.82, 2.24) is 10.5 Å². The molecule has 2 N–H and O–H groups in total. The summed E-state index contributed by atoms with van der Waals surface area (Å²) >= 11 is 0. The van der Waals surface area contributed by atoms with Crippen LogP contribution in [0.3, 0.4) is 0 Å². The molecular weight excluding hydrogens is 248 g/mol.